The fourth-order valence-electron chi connectivity index (χ4n) is 3.34. The van der Waals surface area contributed by atoms with Crippen molar-refractivity contribution in [1.82, 2.24) is 25.3 Å². The molecule has 1 aromatic carbocycles. The summed E-state index contributed by atoms with van der Waals surface area (Å²) in [6, 6.07) is 7.32. The molecule has 1 fully saturated rings. The molecule has 0 saturated carbocycles. The summed E-state index contributed by atoms with van der Waals surface area (Å²) in [5, 5.41) is 9.56. The van der Waals surface area contributed by atoms with E-state index in [1.165, 1.54) is 0 Å². The van der Waals surface area contributed by atoms with E-state index in [1.807, 2.05) is 30.5 Å². The van der Waals surface area contributed by atoms with Crippen LogP contribution in [0.25, 0.3) is 0 Å². The first-order valence-corrected chi connectivity index (χ1v) is 9.43. The molecule has 1 aliphatic heterocycles. The fourth-order valence-corrected chi connectivity index (χ4v) is 3.34. The van der Waals surface area contributed by atoms with E-state index in [9.17, 15) is 9.59 Å². The topological polar surface area (TPSA) is 90.6 Å². The number of hydrogen-bond donors (Lipinski definition) is 2. The molecule has 8 heteroatoms. The molecule has 0 unspecified atom stereocenters. The number of hydrogen-bond acceptors (Lipinski definition) is 5. The van der Waals surface area contributed by atoms with Gasteiger partial charge in [-0.05, 0) is 29.7 Å². The zero-order chi connectivity index (χ0) is 19.9. The normalized spacial score (nSPS) is 17.2. The molecule has 3 rings (SSSR count). The van der Waals surface area contributed by atoms with E-state index < -0.39 is 6.04 Å². The quantitative estimate of drug-likeness (QED) is 0.702. The van der Waals surface area contributed by atoms with Gasteiger partial charge >= 0.3 is 0 Å². The van der Waals surface area contributed by atoms with E-state index in [1.54, 1.807) is 25.3 Å². The average molecular weight is 385 g/mol. The van der Waals surface area contributed by atoms with Crippen molar-refractivity contribution in [2.45, 2.75) is 25.4 Å². The van der Waals surface area contributed by atoms with Crippen LogP contribution in [0.1, 0.15) is 17.5 Å². The van der Waals surface area contributed by atoms with Gasteiger partial charge in [-0.1, -0.05) is 12.1 Å². The first kappa shape index (κ1) is 19.9. The number of H-pyrrole nitrogens is 1. The number of nitrogens with zero attached hydrogens (tertiary/aromatic N) is 3. The van der Waals surface area contributed by atoms with Gasteiger partial charge in [0.25, 0.3) is 0 Å². The Morgan fingerprint density at radius 2 is 2.25 bits per heavy atom. The molecule has 8 nitrogen and oxygen atoms in total. The van der Waals surface area contributed by atoms with E-state index in [-0.39, 0.29) is 18.2 Å². The number of piperazine rings is 1. The van der Waals surface area contributed by atoms with Crippen LogP contribution in [0, 0.1) is 0 Å². The fraction of sp³-hybridized carbons (Fsp3) is 0.450. The van der Waals surface area contributed by atoms with Crippen LogP contribution >= 0.6 is 0 Å². The van der Waals surface area contributed by atoms with Crippen molar-refractivity contribution in [3.63, 3.8) is 0 Å². The molecule has 1 aliphatic rings. The number of aromatic amines is 1. The Bertz CT molecular complexity index is 793. The number of methoxy groups -OCH3 is 1. The van der Waals surface area contributed by atoms with E-state index in [4.69, 9.17) is 4.74 Å². The average Bonchev–Trinajstić information content (AvgIpc) is 3.22. The third-order valence-electron chi connectivity index (χ3n) is 5.05. The lowest BCUT2D eigenvalue weighted by Crippen LogP contribution is -2.56. The molecule has 2 aromatic rings. The number of nitrogens with one attached hydrogen (secondary N) is 2. The summed E-state index contributed by atoms with van der Waals surface area (Å²) in [5.41, 5.74) is 2.11. The number of aromatic nitrogens is 2. The summed E-state index contributed by atoms with van der Waals surface area (Å²) in [5.74, 6) is 0.650. The Balaban J connectivity index is 1.61. The van der Waals surface area contributed by atoms with Crippen molar-refractivity contribution in [2.24, 2.45) is 0 Å². The molecule has 0 aliphatic carbocycles. The highest BCUT2D eigenvalue weighted by atomic mass is 16.5. The Kier molecular flexibility index (Phi) is 6.65. The number of carbonyl (C=O) groups is 2. The Morgan fingerprint density at radius 1 is 1.39 bits per heavy atom. The first-order chi connectivity index (χ1) is 13.6. The highest BCUT2D eigenvalue weighted by Crippen LogP contribution is 2.18. The van der Waals surface area contributed by atoms with Gasteiger partial charge in [0, 0.05) is 39.4 Å². The molecule has 28 heavy (non-hydrogen) atoms. The third-order valence-corrected chi connectivity index (χ3v) is 5.05. The molecule has 0 radical (unpaired) electrons. The predicted molar refractivity (Wildman–Crippen MR) is 105 cm³/mol. The van der Waals surface area contributed by atoms with Gasteiger partial charge in [-0.2, -0.15) is 5.10 Å². The number of benzene rings is 1. The molecule has 1 aromatic heterocycles. The minimum Gasteiger partial charge on any atom is -0.497 e. The van der Waals surface area contributed by atoms with Crippen molar-refractivity contribution in [3.05, 3.63) is 47.8 Å². The van der Waals surface area contributed by atoms with Crippen molar-refractivity contribution < 1.29 is 14.3 Å². The maximum atomic E-state index is 12.7. The van der Waals surface area contributed by atoms with Crippen LogP contribution in [0.4, 0.5) is 0 Å². The summed E-state index contributed by atoms with van der Waals surface area (Å²) in [6.07, 6.45) is 4.46. The smallest absolute Gasteiger partial charge is 0.237 e. The van der Waals surface area contributed by atoms with Crippen molar-refractivity contribution in [2.75, 3.05) is 33.8 Å². The summed E-state index contributed by atoms with van der Waals surface area (Å²) < 4.78 is 5.28. The van der Waals surface area contributed by atoms with Gasteiger partial charge in [0.05, 0.1) is 25.8 Å². The van der Waals surface area contributed by atoms with Crippen LogP contribution < -0.4 is 10.1 Å². The Morgan fingerprint density at radius 3 is 3.00 bits per heavy atom. The number of ether oxygens (including phenoxy) is 1. The molecular formula is C20H27N5O3. The highest BCUT2D eigenvalue weighted by molar-refractivity contribution is 5.88. The lowest BCUT2D eigenvalue weighted by Gasteiger charge is -2.35. The molecule has 1 atom stereocenters. The second-order valence-corrected chi connectivity index (χ2v) is 7.00. The molecule has 0 bridgehead atoms. The van der Waals surface area contributed by atoms with Crippen molar-refractivity contribution in [3.8, 4) is 5.75 Å². The molecule has 150 valence electrons. The lowest BCUT2D eigenvalue weighted by atomic mass is 10.1. The van der Waals surface area contributed by atoms with Crippen LogP contribution in [0.2, 0.25) is 0 Å². The molecule has 2 N–H and O–H groups in total. The van der Waals surface area contributed by atoms with E-state index in [0.717, 1.165) is 23.3 Å². The minimum atomic E-state index is -0.469. The van der Waals surface area contributed by atoms with Crippen LogP contribution in [0.15, 0.2) is 36.7 Å². The lowest BCUT2D eigenvalue weighted by molar-refractivity contribution is -0.138. The molecule has 1 saturated heterocycles. The number of amides is 2. The first-order valence-electron chi connectivity index (χ1n) is 9.43. The van der Waals surface area contributed by atoms with Crippen LogP contribution in [-0.4, -0.2) is 71.6 Å². The monoisotopic (exact) mass is 385 g/mol. The van der Waals surface area contributed by atoms with E-state index in [2.05, 4.69) is 20.4 Å². The highest BCUT2D eigenvalue weighted by Gasteiger charge is 2.32. The van der Waals surface area contributed by atoms with E-state index in [0.29, 0.717) is 26.2 Å². The SMILES string of the molecule is COc1cccc(CN2CCNC(=O)[C@H]2CC(=O)N(C)CCc2cn[nH]c2)c1. The van der Waals surface area contributed by atoms with Crippen LogP contribution in [0.3, 0.4) is 0 Å². The molecule has 2 heterocycles. The van der Waals surface area contributed by atoms with Gasteiger partial charge in [-0.15, -0.1) is 0 Å². The van der Waals surface area contributed by atoms with Gasteiger partial charge in [-0.3, -0.25) is 19.6 Å². The predicted octanol–water partition coefficient (Wildman–Crippen LogP) is 0.810. The third kappa shape index (κ3) is 5.10. The number of likely N-dealkylation sites (N-methyl/N-ethyl adjacent to an activating group) is 1. The summed E-state index contributed by atoms with van der Waals surface area (Å²) in [4.78, 5) is 28.9. The van der Waals surface area contributed by atoms with Gasteiger partial charge in [0.2, 0.25) is 11.8 Å². The Labute approximate surface area is 164 Å². The van der Waals surface area contributed by atoms with E-state index >= 15 is 0 Å². The van der Waals surface area contributed by atoms with Crippen molar-refractivity contribution >= 4 is 11.8 Å². The second kappa shape index (κ2) is 9.36. The van der Waals surface area contributed by atoms with Gasteiger partial charge < -0.3 is 15.0 Å². The minimum absolute atomic E-state index is 0.0406. The zero-order valence-corrected chi connectivity index (χ0v) is 16.4. The molecule has 0 spiro atoms. The van der Waals surface area contributed by atoms with Crippen LogP contribution in [-0.2, 0) is 22.6 Å². The summed E-state index contributed by atoms with van der Waals surface area (Å²) in [7, 11) is 3.41. The maximum Gasteiger partial charge on any atom is 0.237 e. The summed E-state index contributed by atoms with van der Waals surface area (Å²) in [6.45, 7) is 2.48. The van der Waals surface area contributed by atoms with Gasteiger partial charge in [0.15, 0.2) is 0 Å². The standard InChI is InChI=1S/C20H27N5O3/c1-24(8-6-16-12-22-23-13-16)19(26)11-18-20(27)21-7-9-25(18)14-15-4-3-5-17(10-15)28-2/h3-5,10,12-13,18H,6-9,11,14H2,1-2H3,(H,21,27)(H,22,23)/t18-/m1/s1. The van der Waals surface area contributed by atoms with Crippen LogP contribution in [0.5, 0.6) is 5.75 Å². The maximum absolute atomic E-state index is 12.7. The van der Waals surface area contributed by atoms with Crippen molar-refractivity contribution in [1.29, 1.82) is 0 Å². The zero-order valence-electron chi connectivity index (χ0n) is 16.4. The molecule has 2 amide bonds. The molecular weight excluding hydrogens is 358 g/mol. The Hall–Kier alpha value is -2.87. The van der Waals surface area contributed by atoms with Gasteiger partial charge in [0.1, 0.15) is 5.75 Å². The second-order valence-electron chi connectivity index (χ2n) is 7.00. The summed E-state index contributed by atoms with van der Waals surface area (Å²) >= 11 is 0. The number of rotatable bonds is 8. The number of carbonyl (C=O) groups excluding carboxylic acids is 2. The van der Waals surface area contributed by atoms with Gasteiger partial charge in [-0.25, -0.2) is 0 Å². The largest absolute Gasteiger partial charge is 0.497 e.